The van der Waals surface area contributed by atoms with Crippen LogP contribution in [0.15, 0.2) is 18.3 Å². The molecule has 0 amide bonds. The van der Waals surface area contributed by atoms with E-state index in [1.54, 1.807) is 6.07 Å². The molecule has 3 heterocycles. The molecule has 0 aromatic carbocycles. The van der Waals surface area contributed by atoms with Crippen molar-refractivity contribution in [3.63, 3.8) is 0 Å². The summed E-state index contributed by atoms with van der Waals surface area (Å²) >= 11 is 0. The van der Waals surface area contributed by atoms with Crippen LogP contribution in [0, 0.1) is 5.82 Å². The Morgan fingerprint density at radius 1 is 1.30 bits per heavy atom. The van der Waals surface area contributed by atoms with Crippen LogP contribution in [0.1, 0.15) is 50.8 Å². The first kappa shape index (κ1) is 14.0. The highest BCUT2D eigenvalue weighted by Gasteiger charge is 2.36. The van der Waals surface area contributed by atoms with E-state index < -0.39 is 0 Å². The Kier molecular flexibility index (Phi) is 4.03. The monoisotopic (exact) mass is 277 g/mol. The van der Waals surface area contributed by atoms with Gasteiger partial charge in [-0.25, -0.2) is 4.39 Å². The average Bonchev–Trinajstić information content (AvgIpc) is 2.40. The summed E-state index contributed by atoms with van der Waals surface area (Å²) in [6.07, 6.45) is 7.78. The first-order chi connectivity index (χ1) is 9.63. The second kappa shape index (κ2) is 5.78. The van der Waals surface area contributed by atoms with Crippen LogP contribution in [0.5, 0.6) is 0 Å². The van der Waals surface area contributed by atoms with Gasteiger partial charge in [0.05, 0.1) is 11.9 Å². The molecule has 110 valence electrons. The number of piperidine rings is 2. The van der Waals surface area contributed by atoms with E-state index in [1.807, 2.05) is 0 Å². The van der Waals surface area contributed by atoms with Crippen LogP contribution in [0.4, 0.5) is 4.39 Å². The van der Waals surface area contributed by atoms with Crippen molar-refractivity contribution in [1.29, 1.82) is 0 Å². The van der Waals surface area contributed by atoms with Gasteiger partial charge in [-0.15, -0.1) is 0 Å². The molecule has 2 saturated heterocycles. The number of hydrogen-bond acceptors (Lipinski definition) is 3. The Morgan fingerprint density at radius 2 is 2.00 bits per heavy atom. The predicted molar refractivity (Wildman–Crippen MR) is 78.0 cm³/mol. The summed E-state index contributed by atoms with van der Waals surface area (Å²) in [5.74, 6) is -0.269. The highest BCUT2D eigenvalue weighted by atomic mass is 19.1. The zero-order valence-electron chi connectivity index (χ0n) is 12.3. The summed E-state index contributed by atoms with van der Waals surface area (Å²) in [4.78, 5) is 6.75. The van der Waals surface area contributed by atoms with Crippen LogP contribution in [0.25, 0.3) is 0 Å². The van der Waals surface area contributed by atoms with Gasteiger partial charge < -0.3 is 10.2 Å². The Bertz CT molecular complexity index is 434. The number of nitrogens with one attached hydrogen (secondary N) is 1. The van der Waals surface area contributed by atoms with Gasteiger partial charge in [-0.1, -0.05) is 6.42 Å². The molecule has 0 radical (unpaired) electrons. The molecule has 1 aromatic heterocycles. The molecule has 2 aliphatic rings. The van der Waals surface area contributed by atoms with E-state index in [0.717, 1.165) is 17.8 Å². The highest BCUT2D eigenvalue weighted by Crippen LogP contribution is 2.33. The first-order valence-electron chi connectivity index (χ1n) is 7.73. The molecule has 0 saturated carbocycles. The Morgan fingerprint density at radius 3 is 2.60 bits per heavy atom. The van der Waals surface area contributed by atoms with Crippen molar-refractivity contribution < 1.29 is 4.39 Å². The van der Waals surface area contributed by atoms with Crippen molar-refractivity contribution in [2.24, 2.45) is 0 Å². The molecule has 3 nitrogen and oxygen atoms in total. The minimum atomic E-state index is -0.269. The van der Waals surface area contributed by atoms with Crippen LogP contribution in [0.3, 0.4) is 0 Å². The summed E-state index contributed by atoms with van der Waals surface area (Å²) in [6, 6.07) is 5.47. The van der Waals surface area contributed by atoms with E-state index in [9.17, 15) is 4.39 Å². The second-order valence-corrected chi connectivity index (χ2v) is 6.36. The fraction of sp³-hybridized carbons (Fsp3) is 0.688. The van der Waals surface area contributed by atoms with Crippen molar-refractivity contribution in [3.8, 4) is 0 Å². The lowest BCUT2D eigenvalue weighted by Gasteiger charge is -2.47. The third-order valence-electron chi connectivity index (χ3n) is 5.02. The molecule has 0 aliphatic carbocycles. The molecule has 3 unspecified atom stereocenters. The number of hydrogen-bond donors (Lipinski definition) is 1. The summed E-state index contributed by atoms with van der Waals surface area (Å²) in [5.41, 5.74) is 0.926. The van der Waals surface area contributed by atoms with Gasteiger partial charge in [0.15, 0.2) is 0 Å². The van der Waals surface area contributed by atoms with Gasteiger partial charge in [-0.3, -0.25) is 4.98 Å². The van der Waals surface area contributed by atoms with Gasteiger partial charge in [0.25, 0.3) is 0 Å². The number of aromatic nitrogens is 1. The van der Waals surface area contributed by atoms with E-state index in [2.05, 4.69) is 29.2 Å². The van der Waals surface area contributed by atoms with Crippen LogP contribution in [-0.2, 0) is 0 Å². The summed E-state index contributed by atoms with van der Waals surface area (Å²) in [5, 5.41) is 3.69. The van der Waals surface area contributed by atoms with Crippen LogP contribution >= 0.6 is 0 Å². The van der Waals surface area contributed by atoms with Crippen molar-refractivity contribution in [1.82, 2.24) is 15.2 Å². The molecule has 4 heteroatoms. The molecule has 2 bridgehead atoms. The van der Waals surface area contributed by atoms with Gasteiger partial charge in [-0.2, -0.15) is 0 Å². The summed E-state index contributed by atoms with van der Waals surface area (Å²) < 4.78 is 12.9. The zero-order chi connectivity index (χ0) is 14.1. The highest BCUT2D eigenvalue weighted by molar-refractivity contribution is 5.09. The Balaban J connectivity index is 1.62. The average molecular weight is 277 g/mol. The largest absolute Gasteiger partial charge is 0.306 e. The van der Waals surface area contributed by atoms with Crippen LogP contribution < -0.4 is 5.32 Å². The van der Waals surface area contributed by atoms with E-state index in [1.165, 1.54) is 44.4 Å². The Labute approximate surface area is 120 Å². The fourth-order valence-electron chi connectivity index (χ4n) is 3.83. The van der Waals surface area contributed by atoms with Gasteiger partial charge >= 0.3 is 0 Å². The number of fused-ring (bicyclic) bond motifs is 2. The molecule has 0 spiro atoms. The van der Waals surface area contributed by atoms with Crippen molar-refractivity contribution in [2.45, 2.75) is 63.2 Å². The maximum Gasteiger partial charge on any atom is 0.141 e. The lowest BCUT2D eigenvalue weighted by Crippen LogP contribution is -2.54. The lowest BCUT2D eigenvalue weighted by molar-refractivity contribution is 0.0461. The van der Waals surface area contributed by atoms with E-state index in [0.29, 0.717) is 6.04 Å². The zero-order valence-corrected chi connectivity index (χ0v) is 12.3. The summed E-state index contributed by atoms with van der Waals surface area (Å²) in [7, 11) is 2.27. The number of rotatable bonds is 3. The van der Waals surface area contributed by atoms with Gasteiger partial charge in [0, 0.05) is 24.2 Å². The van der Waals surface area contributed by atoms with Crippen LogP contribution in [-0.4, -0.2) is 35.1 Å². The number of nitrogens with zero attached hydrogens (tertiary/aromatic N) is 2. The normalized spacial score (nSPS) is 32.0. The molecule has 3 rings (SSSR count). The van der Waals surface area contributed by atoms with Crippen LogP contribution in [0.2, 0.25) is 0 Å². The second-order valence-electron chi connectivity index (χ2n) is 6.36. The third kappa shape index (κ3) is 2.86. The smallest absolute Gasteiger partial charge is 0.141 e. The predicted octanol–water partition coefficient (Wildman–Crippen LogP) is 2.89. The third-order valence-corrected chi connectivity index (χ3v) is 5.02. The van der Waals surface area contributed by atoms with E-state index in [4.69, 9.17) is 0 Å². The Hall–Kier alpha value is -1.00. The molecular weight excluding hydrogens is 253 g/mol. The lowest BCUT2D eigenvalue weighted by atomic mass is 9.82. The molecule has 2 aliphatic heterocycles. The van der Waals surface area contributed by atoms with E-state index in [-0.39, 0.29) is 11.9 Å². The summed E-state index contributed by atoms with van der Waals surface area (Å²) in [6.45, 7) is 2.12. The van der Waals surface area contributed by atoms with Gasteiger partial charge in [0.2, 0.25) is 0 Å². The van der Waals surface area contributed by atoms with Gasteiger partial charge in [-0.05, 0) is 51.8 Å². The minimum absolute atomic E-state index is 0.185. The van der Waals surface area contributed by atoms with Gasteiger partial charge in [0.1, 0.15) is 5.82 Å². The SMILES string of the molecule is CC(NC1CC2CCCC(C1)N2C)c1ccc(F)cn1. The van der Waals surface area contributed by atoms with Crippen molar-refractivity contribution >= 4 is 0 Å². The number of halogens is 1. The maximum absolute atomic E-state index is 12.9. The topological polar surface area (TPSA) is 28.2 Å². The molecule has 3 atom stereocenters. The number of pyridine rings is 1. The molecular formula is C16H24FN3. The van der Waals surface area contributed by atoms with Crippen molar-refractivity contribution in [2.75, 3.05) is 7.05 Å². The molecule has 1 N–H and O–H groups in total. The minimum Gasteiger partial charge on any atom is -0.306 e. The fourth-order valence-corrected chi connectivity index (χ4v) is 3.83. The first-order valence-corrected chi connectivity index (χ1v) is 7.73. The molecule has 2 fully saturated rings. The quantitative estimate of drug-likeness (QED) is 0.921. The maximum atomic E-state index is 12.9. The van der Waals surface area contributed by atoms with E-state index >= 15 is 0 Å². The standard InChI is InChI=1S/C16H24FN3/c1-11(16-7-6-12(17)10-18-16)19-13-8-14-4-3-5-15(9-13)20(14)2/h6-7,10-11,13-15,19H,3-5,8-9H2,1-2H3. The van der Waals surface area contributed by atoms with Crippen molar-refractivity contribution in [3.05, 3.63) is 29.8 Å². The molecule has 1 aromatic rings. The molecule has 20 heavy (non-hydrogen) atoms.